The number of fused-ring (bicyclic) bond motifs is 1. The zero-order valence-corrected chi connectivity index (χ0v) is 12.4. The van der Waals surface area contributed by atoms with E-state index in [1.165, 1.54) is 5.56 Å². The molecule has 110 valence electrons. The van der Waals surface area contributed by atoms with Crippen molar-refractivity contribution in [1.29, 1.82) is 0 Å². The quantitative estimate of drug-likeness (QED) is 0.942. The molecule has 1 amide bonds. The van der Waals surface area contributed by atoms with Crippen molar-refractivity contribution < 1.29 is 4.79 Å². The summed E-state index contributed by atoms with van der Waals surface area (Å²) in [5.74, 6) is -0.132. The maximum Gasteiger partial charge on any atom is 0.270 e. The van der Waals surface area contributed by atoms with Gasteiger partial charge >= 0.3 is 0 Å². The van der Waals surface area contributed by atoms with E-state index < -0.39 is 0 Å². The zero-order chi connectivity index (χ0) is 14.8. The minimum atomic E-state index is -0.132. The minimum Gasteiger partial charge on any atom is -0.342 e. The summed E-state index contributed by atoms with van der Waals surface area (Å²) >= 11 is 0. The van der Waals surface area contributed by atoms with E-state index in [0.29, 0.717) is 11.7 Å². The fourth-order valence-electron chi connectivity index (χ4n) is 2.70. The highest BCUT2D eigenvalue weighted by atomic mass is 16.1. The summed E-state index contributed by atoms with van der Waals surface area (Å²) in [4.78, 5) is 16.4. The molecule has 5 heteroatoms. The van der Waals surface area contributed by atoms with Crippen molar-refractivity contribution in [2.24, 2.45) is 0 Å². The van der Waals surface area contributed by atoms with E-state index >= 15 is 0 Å². The molecule has 0 fully saturated rings. The van der Waals surface area contributed by atoms with Gasteiger partial charge in [-0.05, 0) is 50.8 Å². The van der Waals surface area contributed by atoms with Gasteiger partial charge in [0.1, 0.15) is 5.69 Å². The molecular weight excluding hydrogens is 264 g/mol. The number of carbonyl (C=O) groups is 1. The maximum atomic E-state index is 12.3. The second kappa shape index (κ2) is 5.68. The van der Waals surface area contributed by atoms with Crippen LogP contribution in [0.5, 0.6) is 0 Å². The Morgan fingerprint density at radius 1 is 1.43 bits per heavy atom. The van der Waals surface area contributed by atoms with Crippen LogP contribution in [0.3, 0.4) is 0 Å². The highest BCUT2D eigenvalue weighted by molar-refractivity contribution is 5.92. The highest BCUT2D eigenvalue weighted by Gasteiger charge is 2.26. The Bertz CT molecular complexity index is 633. The molecule has 2 heterocycles. The van der Waals surface area contributed by atoms with Crippen LogP contribution in [0.2, 0.25) is 0 Å². The van der Waals surface area contributed by atoms with E-state index in [1.54, 1.807) is 18.3 Å². The van der Waals surface area contributed by atoms with Crippen LogP contribution in [0.1, 0.15) is 60.5 Å². The molecule has 0 radical (unpaired) electrons. The summed E-state index contributed by atoms with van der Waals surface area (Å²) in [6.07, 6.45) is 6.79. The molecule has 5 nitrogen and oxygen atoms in total. The summed E-state index contributed by atoms with van der Waals surface area (Å²) in [5, 5.41) is 7.73. The second-order valence-electron chi connectivity index (χ2n) is 5.75. The van der Waals surface area contributed by atoms with E-state index in [9.17, 15) is 4.79 Å². The molecule has 1 aliphatic rings. The first kappa shape index (κ1) is 13.8. The molecule has 2 aromatic rings. The standard InChI is InChI=1S/C16H20N4O/c1-11(2)20-10-12-6-5-8-13(15(12)19-20)18-16(21)14-7-3-4-9-17-14/h3-4,7,9-11,13H,5-6,8H2,1-2H3,(H,18,21). The molecule has 0 bridgehead atoms. The summed E-state index contributed by atoms with van der Waals surface area (Å²) < 4.78 is 1.98. The number of pyridine rings is 1. The first-order valence-corrected chi connectivity index (χ1v) is 7.45. The molecule has 1 unspecified atom stereocenters. The van der Waals surface area contributed by atoms with Crippen molar-refractivity contribution in [3.63, 3.8) is 0 Å². The van der Waals surface area contributed by atoms with Crippen LogP contribution >= 0.6 is 0 Å². The van der Waals surface area contributed by atoms with Gasteiger partial charge in [0.2, 0.25) is 0 Å². The number of rotatable bonds is 3. The van der Waals surface area contributed by atoms with Gasteiger partial charge in [-0.25, -0.2) is 0 Å². The highest BCUT2D eigenvalue weighted by Crippen LogP contribution is 2.29. The topological polar surface area (TPSA) is 59.8 Å². The molecule has 3 rings (SSSR count). The van der Waals surface area contributed by atoms with E-state index in [0.717, 1.165) is 25.0 Å². The molecular formula is C16H20N4O. The molecule has 0 spiro atoms. The normalized spacial score (nSPS) is 17.6. The summed E-state index contributed by atoms with van der Waals surface area (Å²) in [6.45, 7) is 4.22. The number of aryl methyl sites for hydroxylation is 1. The SMILES string of the molecule is CC(C)n1cc2c(n1)C(NC(=O)c1ccccn1)CCC2. The van der Waals surface area contributed by atoms with Gasteiger partial charge in [-0.15, -0.1) is 0 Å². The third-order valence-corrected chi connectivity index (χ3v) is 3.84. The lowest BCUT2D eigenvalue weighted by atomic mass is 9.93. The smallest absolute Gasteiger partial charge is 0.270 e. The number of hydrogen-bond donors (Lipinski definition) is 1. The number of aromatic nitrogens is 3. The lowest BCUT2D eigenvalue weighted by Crippen LogP contribution is -2.31. The molecule has 0 aromatic carbocycles. The van der Waals surface area contributed by atoms with Crippen LogP contribution in [0, 0.1) is 0 Å². The van der Waals surface area contributed by atoms with Crippen molar-refractivity contribution >= 4 is 5.91 Å². The van der Waals surface area contributed by atoms with E-state index in [-0.39, 0.29) is 11.9 Å². The van der Waals surface area contributed by atoms with Crippen molar-refractivity contribution in [1.82, 2.24) is 20.1 Å². The largest absolute Gasteiger partial charge is 0.342 e. The summed E-state index contributed by atoms with van der Waals surface area (Å²) in [7, 11) is 0. The summed E-state index contributed by atoms with van der Waals surface area (Å²) in [6, 6.07) is 5.68. The monoisotopic (exact) mass is 284 g/mol. The lowest BCUT2D eigenvalue weighted by Gasteiger charge is -2.22. The van der Waals surface area contributed by atoms with Gasteiger partial charge in [0.25, 0.3) is 5.91 Å². The van der Waals surface area contributed by atoms with E-state index in [1.807, 2.05) is 10.7 Å². The molecule has 0 saturated heterocycles. The van der Waals surface area contributed by atoms with Gasteiger partial charge in [0, 0.05) is 18.4 Å². The third-order valence-electron chi connectivity index (χ3n) is 3.84. The molecule has 1 N–H and O–H groups in total. The molecule has 0 aliphatic heterocycles. The predicted octanol–water partition coefficient (Wildman–Crippen LogP) is 2.67. The Hall–Kier alpha value is -2.17. The molecule has 0 saturated carbocycles. The van der Waals surface area contributed by atoms with Crippen molar-refractivity contribution in [3.05, 3.63) is 47.5 Å². The third kappa shape index (κ3) is 2.82. The molecule has 1 aliphatic carbocycles. The Balaban J connectivity index is 1.80. The van der Waals surface area contributed by atoms with Crippen LogP contribution in [0.25, 0.3) is 0 Å². The molecule has 2 aromatic heterocycles. The zero-order valence-electron chi connectivity index (χ0n) is 12.4. The van der Waals surface area contributed by atoms with Gasteiger partial charge in [-0.1, -0.05) is 6.07 Å². The number of hydrogen-bond acceptors (Lipinski definition) is 3. The Morgan fingerprint density at radius 2 is 2.29 bits per heavy atom. The maximum absolute atomic E-state index is 12.3. The van der Waals surface area contributed by atoms with Crippen molar-refractivity contribution in [3.8, 4) is 0 Å². The van der Waals surface area contributed by atoms with E-state index in [4.69, 9.17) is 0 Å². The Labute approximate surface area is 124 Å². The van der Waals surface area contributed by atoms with Crippen LogP contribution < -0.4 is 5.32 Å². The number of nitrogens with zero attached hydrogens (tertiary/aromatic N) is 3. The average Bonchev–Trinajstić information content (AvgIpc) is 2.93. The van der Waals surface area contributed by atoms with Gasteiger partial charge in [0.05, 0.1) is 11.7 Å². The van der Waals surface area contributed by atoms with Crippen LogP contribution in [-0.4, -0.2) is 20.7 Å². The predicted molar refractivity (Wildman–Crippen MR) is 80.0 cm³/mol. The van der Waals surface area contributed by atoms with Gasteiger partial charge in [0.15, 0.2) is 0 Å². The fraction of sp³-hybridized carbons (Fsp3) is 0.438. The number of nitrogens with one attached hydrogen (secondary N) is 1. The van der Waals surface area contributed by atoms with Gasteiger partial charge in [-0.3, -0.25) is 14.5 Å². The Kier molecular flexibility index (Phi) is 3.73. The first-order valence-electron chi connectivity index (χ1n) is 7.45. The molecule has 21 heavy (non-hydrogen) atoms. The fourth-order valence-corrected chi connectivity index (χ4v) is 2.70. The lowest BCUT2D eigenvalue weighted by molar-refractivity contribution is 0.0926. The van der Waals surface area contributed by atoms with Crippen LogP contribution in [-0.2, 0) is 6.42 Å². The average molecular weight is 284 g/mol. The van der Waals surface area contributed by atoms with Crippen molar-refractivity contribution in [2.45, 2.75) is 45.2 Å². The van der Waals surface area contributed by atoms with Crippen molar-refractivity contribution in [2.75, 3.05) is 0 Å². The first-order chi connectivity index (χ1) is 10.1. The number of amides is 1. The molecule has 1 atom stereocenters. The Morgan fingerprint density at radius 3 is 3.00 bits per heavy atom. The second-order valence-corrected chi connectivity index (χ2v) is 5.75. The van der Waals surface area contributed by atoms with E-state index in [2.05, 4.69) is 35.4 Å². The van der Waals surface area contributed by atoms with Crippen LogP contribution in [0.15, 0.2) is 30.6 Å². The number of carbonyl (C=O) groups excluding carboxylic acids is 1. The minimum absolute atomic E-state index is 0.0109. The summed E-state index contributed by atoms with van der Waals surface area (Å²) in [5.41, 5.74) is 2.72. The van der Waals surface area contributed by atoms with Crippen LogP contribution in [0.4, 0.5) is 0 Å². The van der Waals surface area contributed by atoms with Gasteiger partial charge in [-0.2, -0.15) is 5.10 Å². The van der Waals surface area contributed by atoms with Gasteiger partial charge < -0.3 is 5.32 Å².